The molecule has 0 aromatic carbocycles. The Bertz CT molecular complexity index is 570. The second kappa shape index (κ2) is 5.75. The van der Waals surface area contributed by atoms with E-state index in [0.29, 0.717) is 17.5 Å². The number of thiophene rings is 1. The van der Waals surface area contributed by atoms with Crippen molar-refractivity contribution in [3.63, 3.8) is 0 Å². The Balaban J connectivity index is 1.77. The Labute approximate surface area is 125 Å². The summed E-state index contributed by atoms with van der Waals surface area (Å²) in [5, 5.41) is 5.36. The fourth-order valence-electron chi connectivity index (χ4n) is 2.82. The van der Waals surface area contributed by atoms with Crippen LogP contribution in [0.4, 0.5) is 0 Å². The smallest absolute Gasteiger partial charge is 0.242 e. The Morgan fingerprint density at radius 2 is 1.90 bits per heavy atom. The Morgan fingerprint density at radius 1 is 1.20 bits per heavy atom. The van der Waals surface area contributed by atoms with Crippen molar-refractivity contribution in [3.05, 3.63) is 15.8 Å². The summed E-state index contributed by atoms with van der Waals surface area (Å²) < 4.78 is 28.1. The largest absolute Gasteiger partial charge is 0.309 e. The number of rotatable bonds is 6. The first-order chi connectivity index (χ1) is 9.56. The van der Waals surface area contributed by atoms with E-state index in [2.05, 4.69) is 10.0 Å². The van der Waals surface area contributed by atoms with Crippen LogP contribution in [-0.4, -0.2) is 20.5 Å². The van der Waals surface area contributed by atoms with Gasteiger partial charge in [-0.2, -0.15) is 0 Å². The van der Waals surface area contributed by atoms with Gasteiger partial charge < -0.3 is 5.32 Å². The maximum Gasteiger partial charge on any atom is 0.242 e. The predicted octanol–water partition coefficient (Wildman–Crippen LogP) is 2.53. The molecular weight excluding hydrogens is 292 g/mol. The van der Waals surface area contributed by atoms with Gasteiger partial charge >= 0.3 is 0 Å². The van der Waals surface area contributed by atoms with Crippen LogP contribution in [0.15, 0.2) is 10.3 Å². The molecule has 0 radical (unpaired) electrons. The molecule has 0 spiro atoms. The summed E-state index contributed by atoms with van der Waals surface area (Å²) in [5.74, 6) is 0. The predicted molar refractivity (Wildman–Crippen MR) is 81.5 cm³/mol. The normalized spacial score (nSPS) is 20.6. The monoisotopic (exact) mass is 314 g/mol. The number of hydrogen-bond acceptors (Lipinski definition) is 4. The summed E-state index contributed by atoms with van der Waals surface area (Å²) in [7, 11) is -3.37. The van der Waals surface area contributed by atoms with Gasteiger partial charge in [0.15, 0.2) is 0 Å². The van der Waals surface area contributed by atoms with Crippen LogP contribution in [0.5, 0.6) is 0 Å². The van der Waals surface area contributed by atoms with Crippen LogP contribution in [0.3, 0.4) is 0 Å². The van der Waals surface area contributed by atoms with Crippen molar-refractivity contribution in [3.8, 4) is 0 Å². The highest BCUT2D eigenvalue weighted by Gasteiger charge is 2.28. The number of aryl methyl sites for hydroxylation is 1. The molecular formula is C14H22N2O2S2. The molecule has 112 valence electrons. The van der Waals surface area contributed by atoms with Crippen molar-refractivity contribution in [1.29, 1.82) is 0 Å². The van der Waals surface area contributed by atoms with Crippen molar-refractivity contribution in [2.24, 2.45) is 0 Å². The molecule has 0 aliphatic heterocycles. The molecule has 6 heteroatoms. The highest BCUT2D eigenvalue weighted by Crippen LogP contribution is 2.29. The van der Waals surface area contributed by atoms with Gasteiger partial charge in [-0.1, -0.05) is 12.8 Å². The minimum absolute atomic E-state index is 0.128. The first kappa shape index (κ1) is 14.5. The molecule has 0 bridgehead atoms. The lowest BCUT2D eigenvalue weighted by Gasteiger charge is -2.14. The topological polar surface area (TPSA) is 58.2 Å². The molecule has 2 saturated carbocycles. The molecule has 0 unspecified atom stereocenters. The third-order valence-corrected chi connectivity index (χ3v) is 7.05. The fourth-order valence-corrected chi connectivity index (χ4v) is 5.88. The third kappa shape index (κ3) is 3.24. The van der Waals surface area contributed by atoms with Gasteiger partial charge in [-0.15, -0.1) is 11.3 Å². The van der Waals surface area contributed by atoms with Crippen LogP contribution >= 0.6 is 11.3 Å². The van der Waals surface area contributed by atoms with E-state index in [4.69, 9.17) is 0 Å². The molecule has 1 aromatic rings. The summed E-state index contributed by atoms with van der Waals surface area (Å²) in [6.45, 7) is 2.56. The van der Waals surface area contributed by atoms with Gasteiger partial charge in [-0.3, -0.25) is 0 Å². The number of hydrogen-bond donors (Lipinski definition) is 2. The van der Waals surface area contributed by atoms with Crippen LogP contribution in [0.1, 0.15) is 49.0 Å². The summed E-state index contributed by atoms with van der Waals surface area (Å²) in [6, 6.07) is 0.722. The lowest BCUT2D eigenvalue weighted by atomic mass is 10.3. The van der Waals surface area contributed by atoms with E-state index in [1.165, 1.54) is 12.8 Å². The summed E-state index contributed by atoms with van der Waals surface area (Å²) in [4.78, 5) is 1.46. The lowest BCUT2D eigenvalue weighted by Crippen LogP contribution is -2.33. The molecule has 2 N–H and O–H groups in total. The molecule has 4 nitrogen and oxygen atoms in total. The molecule has 0 saturated heterocycles. The molecule has 2 aliphatic rings. The summed E-state index contributed by atoms with van der Waals surface area (Å²) >= 11 is 1.55. The first-order valence-electron chi connectivity index (χ1n) is 7.39. The maximum absolute atomic E-state index is 12.6. The van der Waals surface area contributed by atoms with Crippen LogP contribution in [0.25, 0.3) is 0 Å². The minimum Gasteiger partial charge on any atom is -0.309 e. The van der Waals surface area contributed by atoms with Crippen molar-refractivity contribution in [1.82, 2.24) is 10.0 Å². The quantitative estimate of drug-likeness (QED) is 0.848. The third-order valence-electron chi connectivity index (χ3n) is 4.06. The van der Waals surface area contributed by atoms with Crippen LogP contribution in [-0.2, 0) is 16.6 Å². The molecule has 1 aromatic heterocycles. The average Bonchev–Trinajstić information content (AvgIpc) is 2.94. The average molecular weight is 314 g/mol. The Kier molecular flexibility index (Phi) is 4.17. The van der Waals surface area contributed by atoms with Gasteiger partial charge in [-0.05, 0) is 43.6 Å². The van der Waals surface area contributed by atoms with Gasteiger partial charge in [0, 0.05) is 23.5 Å². The van der Waals surface area contributed by atoms with Crippen molar-refractivity contribution in [2.45, 2.75) is 69.0 Å². The molecule has 1 heterocycles. The van der Waals surface area contributed by atoms with Gasteiger partial charge in [-0.25, -0.2) is 13.1 Å². The number of sulfonamides is 1. The molecule has 2 fully saturated rings. The highest BCUT2D eigenvalue weighted by molar-refractivity contribution is 7.89. The highest BCUT2D eigenvalue weighted by atomic mass is 32.2. The van der Waals surface area contributed by atoms with Crippen molar-refractivity contribution < 1.29 is 8.42 Å². The van der Waals surface area contributed by atoms with E-state index >= 15 is 0 Å². The van der Waals surface area contributed by atoms with Crippen molar-refractivity contribution in [2.75, 3.05) is 0 Å². The Hall–Kier alpha value is -0.430. The molecule has 3 rings (SSSR count). The second-order valence-electron chi connectivity index (χ2n) is 5.93. The molecule has 0 atom stereocenters. The van der Waals surface area contributed by atoms with E-state index in [0.717, 1.165) is 36.1 Å². The second-order valence-corrected chi connectivity index (χ2v) is 8.54. The van der Waals surface area contributed by atoms with E-state index < -0.39 is 10.0 Å². The van der Waals surface area contributed by atoms with E-state index in [9.17, 15) is 8.42 Å². The van der Waals surface area contributed by atoms with Crippen LogP contribution < -0.4 is 10.0 Å². The molecule has 0 amide bonds. The Morgan fingerprint density at radius 3 is 2.55 bits per heavy atom. The van der Waals surface area contributed by atoms with Crippen LogP contribution in [0.2, 0.25) is 0 Å². The SMILES string of the molecule is Cc1csc(CNC2CC2)c1S(=O)(=O)NC1CCCC1. The standard InChI is InChI=1S/C14H22N2O2S2/c1-10-9-19-13(8-15-11-6-7-11)14(10)20(17,18)16-12-4-2-3-5-12/h9,11-12,15-16H,2-8H2,1H3. The lowest BCUT2D eigenvalue weighted by molar-refractivity contribution is 0.550. The number of nitrogens with one attached hydrogen (secondary N) is 2. The van der Waals surface area contributed by atoms with E-state index in [-0.39, 0.29) is 6.04 Å². The molecule has 20 heavy (non-hydrogen) atoms. The van der Waals surface area contributed by atoms with E-state index in [1.807, 2.05) is 12.3 Å². The summed E-state index contributed by atoms with van der Waals surface area (Å²) in [6.07, 6.45) is 6.63. The zero-order valence-corrected chi connectivity index (χ0v) is 13.4. The van der Waals surface area contributed by atoms with Gasteiger partial charge in [0.25, 0.3) is 0 Å². The van der Waals surface area contributed by atoms with Crippen molar-refractivity contribution >= 4 is 21.4 Å². The zero-order valence-electron chi connectivity index (χ0n) is 11.8. The molecule has 2 aliphatic carbocycles. The zero-order chi connectivity index (χ0) is 14.2. The fraction of sp³-hybridized carbons (Fsp3) is 0.714. The van der Waals surface area contributed by atoms with Gasteiger partial charge in [0.05, 0.1) is 0 Å². The first-order valence-corrected chi connectivity index (χ1v) is 9.75. The summed E-state index contributed by atoms with van der Waals surface area (Å²) in [5.41, 5.74) is 0.869. The van der Waals surface area contributed by atoms with Gasteiger partial charge in [0.2, 0.25) is 10.0 Å². The van der Waals surface area contributed by atoms with E-state index in [1.54, 1.807) is 11.3 Å². The minimum atomic E-state index is -3.37. The van der Waals surface area contributed by atoms with Gasteiger partial charge in [0.1, 0.15) is 4.90 Å². The van der Waals surface area contributed by atoms with Crippen LogP contribution in [0, 0.1) is 6.92 Å². The maximum atomic E-state index is 12.6.